The number of hydrogen-bond donors (Lipinski definition) is 2. The molecule has 5 nitrogen and oxygen atoms in total. The van der Waals surface area contributed by atoms with E-state index in [4.69, 9.17) is 9.15 Å². The number of carbonyl (C=O) groups is 1. The summed E-state index contributed by atoms with van der Waals surface area (Å²) in [5, 5.41) is 7.83. The minimum Gasteiger partial charge on any atom is -0.494 e. The summed E-state index contributed by atoms with van der Waals surface area (Å²) in [6, 6.07) is 20.8. The summed E-state index contributed by atoms with van der Waals surface area (Å²) in [5.74, 6) is 0.823. The first kappa shape index (κ1) is 23.7. The number of unbranched alkanes of at least 4 members (excludes halogenated alkanes) is 7. The summed E-state index contributed by atoms with van der Waals surface area (Å²) in [5.41, 5.74) is 2.97. The van der Waals surface area contributed by atoms with Crippen LogP contribution in [0, 0.1) is 0 Å². The summed E-state index contributed by atoms with van der Waals surface area (Å²) in [6.07, 6.45) is 10.3. The average Bonchev–Trinajstić information content (AvgIpc) is 3.22. The van der Waals surface area contributed by atoms with Crippen molar-refractivity contribution in [2.24, 2.45) is 0 Å². The summed E-state index contributed by atoms with van der Waals surface area (Å²) >= 11 is 0. The highest BCUT2D eigenvalue weighted by Gasteiger charge is 2.09. The first-order valence-electron chi connectivity index (χ1n) is 12.4. The molecule has 4 aromatic rings. The number of carbonyl (C=O) groups excluding carboxylic acids is 1. The number of amides is 2. The van der Waals surface area contributed by atoms with Crippen LogP contribution in [-0.2, 0) is 0 Å². The molecular formula is C29H34N2O3. The molecular weight excluding hydrogens is 424 g/mol. The van der Waals surface area contributed by atoms with Gasteiger partial charge >= 0.3 is 6.03 Å². The monoisotopic (exact) mass is 458 g/mol. The standard InChI is InChI=1S/C29H34N2O3/c1-2-3-4-5-6-7-8-11-20-33-24-17-14-22(15-18-24)30-29(32)31-23-16-19-26-25-12-9-10-13-27(25)34-28(26)21-23/h9-10,12-19,21H,2-8,11,20H2,1H3,(H2,30,31,32). The molecule has 0 aliphatic rings. The molecule has 1 heterocycles. The smallest absolute Gasteiger partial charge is 0.323 e. The lowest BCUT2D eigenvalue weighted by molar-refractivity contribution is 0.262. The van der Waals surface area contributed by atoms with E-state index >= 15 is 0 Å². The minimum atomic E-state index is -0.303. The van der Waals surface area contributed by atoms with Gasteiger partial charge in [-0.3, -0.25) is 0 Å². The third-order valence-electron chi connectivity index (χ3n) is 6.02. The van der Waals surface area contributed by atoms with Gasteiger partial charge < -0.3 is 19.8 Å². The zero-order valence-corrected chi connectivity index (χ0v) is 19.9. The van der Waals surface area contributed by atoms with Crippen molar-refractivity contribution in [2.45, 2.75) is 58.3 Å². The third kappa shape index (κ3) is 6.53. The maximum absolute atomic E-state index is 12.4. The van der Waals surface area contributed by atoms with Gasteiger partial charge in [-0.15, -0.1) is 0 Å². The molecule has 0 fully saturated rings. The number of hydrogen-bond acceptors (Lipinski definition) is 3. The Bertz CT molecular complexity index is 1200. The molecule has 2 N–H and O–H groups in total. The first-order valence-corrected chi connectivity index (χ1v) is 12.4. The Morgan fingerprint density at radius 3 is 2.18 bits per heavy atom. The Hall–Kier alpha value is -3.47. The Morgan fingerprint density at radius 2 is 1.38 bits per heavy atom. The van der Waals surface area contributed by atoms with Crippen LogP contribution < -0.4 is 15.4 Å². The molecule has 0 radical (unpaired) electrons. The molecule has 0 aliphatic heterocycles. The molecule has 5 heteroatoms. The second-order valence-electron chi connectivity index (χ2n) is 8.74. The number of furan rings is 1. The van der Waals surface area contributed by atoms with Crippen LogP contribution in [0.15, 0.2) is 71.1 Å². The van der Waals surface area contributed by atoms with Gasteiger partial charge in [0, 0.05) is 28.2 Å². The number of benzene rings is 3. The van der Waals surface area contributed by atoms with Gasteiger partial charge in [0.25, 0.3) is 0 Å². The molecule has 3 aromatic carbocycles. The number of fused-ring (bicyclic) bond motifs is 3. The van der Waals surface area contributed by atoms with Crippen molar-refractivity contribution in [3.8, 4) is 5.75 Å². The second kappa shape index (κ2) is 12.1. The molecule has 0 aliphatic carbocycles. The van der Waals surface area contributed by atoms with Gasteiger partial charge in [0.05, 0.1) is 6.61 Å². The predicted molar refractivity (Wildman–Crippen MR) is 141 cm³/mol. The highest BCUT2D eigenvalue weighted by Crippen LogP contribution is 2.30. The van der Waals surface area contributed by atoms with Crippen molar-refractivity contribution in [1.29, 1.82) is 0 Å². The van der Waals surface area contributed by atoms with E-state index in [0.29, 0.717) is 11.4 Å². The summed E-state index contributed by atoms with van der Waals surface area (Å²) < 4.78 is 11.7. The summed E-state index contributed by atoms with van der Waals surface area (Å²) in [6.45, 7) is 2.98. The normalized spacial score (nSPS) is 11.1. The molecule has 4 rings (SSSR count). The molecule has 178 valence electrons. The number of urea groups is 1. The van der Waals surface area contributed by atoms with Gasteiger partial charge in [-0.05, 0) is 48.9 Å². The van der Waals surface area contributed by atoms with Crippen molar-refractivity contribution in [3.05, 3.63) is 66.7 Å². The Kier molecular flexibility index (Phi) is 8.44. The fourth-order valence-corrected chi connectivity index (χ4v) is 4.16. The molecule has 0 bridgehead atoms. The lowest BCUT2D eigenvalue weighted by atomic mass is 10.1. The molecule has 0 unspecified atom stereocenters. The molecule has 0 atom stereocenters. The van der Waals surface area contributed by atoms with Crippen LogP contribution in [0.25, 0.3) is 21.9 Å². The van der Waals surface area contributed by atoms with Gasteiger partial charge in [-0.2, -0.15) is 0 Å². The van der Waals surface area contributed by atoms with Crippen molar-refractivity contribution in [1.82, 2.24) is 0 Å². The SMILES string of the molecule is CCCCCCCCCCOc1ccc(NC(=O)Nc2ccc3c(c2)oc2ccccc23)cc1. The van der Waals surface area contributed by atoms with Crippen LogP contribution >= 0.6 is 0 Å². The van der Waals surface area contributed by atoms with E-state index < -0.39 is 0 Å². The number of anilines is 2. The third-order valence-corrected chi connectivity index (χ3v) is 6.02. The molecule has 1 aromatic heterocycles. The quantitative estimate of drug-likeness (QED) is 0.209. The van der Waals surface area contributed by atoms with E-state index in [9.17, 15) is 4.79 Å². The van der Waals surface area contributed by atoms with Crippen molar-refractivity contribution < 1.29 is 13.9 Å². The molecule has 0 spiro atoms. The fraction of sp³-hybridized carbons (Fsp3) is 0.345. The van der Waals surface area contributed by atoms with Gasteiger partial charge in [0.15, 0.2) is 0 Å². The van der Waals surface area contributed by atoms with Gasteiger partial charge in [-0.25, -0.2) is 4.79 Å². The Labute approximate surface area is 201 Å². The largest absolute Gasteiger partial charge is 0.494 e. The van der Waals surface area contributed by atoms with Crippen molar-refractivity contribution in [3.63, 3.8) is 0 Å². The van der Waals surface area contributed by atoms with E-state index in [1.165, 1.54) is 44.9 Å². The highest BCUT2D eigenvalue weighted by atomic mass is 16.5. The lowest BCUT2D eigenvalue weighted by Gasteiger charge is -2.09. The van der Waals surface area contributed by atoms with Gasteiger partial charge in [-0.1, -0.05) is 70.1 Å². The lowest BCUT2D eigenvalue weighted by Crippen LogP contribution is -2.19. The number of para-hydroxylation sites is 1. The zero-order chi connectivity index (χ0) is 23.6. The molecule has 2 amide bonds. The predicted octanol–water partition coefficient (Wildman–Crippen LogP) is 8.75. The maximum atomic E-state index is 12.4. The van der Waals surface area contributed by atoms with Crippen LogP contribution in [0.4, 0.5) is 16.2 Å². The number of nitrogens with one attached hydrogen (secondary N) is 2. The van der Waals surface area contributed by atoms with Gasteiger partial charge in [0.2, 0.25) is 0 Å². The minimum absolute atomic E-state index is 0.303. The van der Waals surface area contributed by atoms with Crippen LogP contribution in [0.5, 0.6) is 5.75 Å². The van der Waals surface area contributed by atoms with Crippen molar-refractivity contribution >= 4 is 39.3 Å². The Morgan fingerprint density at radius 1 is 0.735 bits per heavy atom. The summed E-state index contributed by atoms with van der Waals surface area (Å²) in [7, 11) is 0. The van der Waals surface area contributed by atoms with E-state index in [2.05, 4.69) is 17.6 Å². The van der Waals surface area contributed by atoms with E-state index in [-0.39, 0.29) is 6.03 Å². The van der Waals surface area contributed by atoms with E-state index in [0.717, 1.165) is 40.7 Å². The first-order chi connectivity index (χ1) is 16.7. The fourth-order valence-electron chi connectivity index (χ4n) is 4.16. The number of rotatable bonds is 12. The topological polar surface area (TPSA) is 63.5 Å². The summed E-state index contributed by atoms with van der Waals surface area (Å²) in [4.78, 5) is 12.4. The van der Waals surface area contributed by atoms with Crippen molar-refractivity contribution in [2.75, 3.05) is 17.2 Å². The maximum Gasteiger partial charge on any atom is 0.323 e. The number of ether oxygens (including phenoxy) is 1. The van der Waals surface area contributed by atoms with Crippen LogP contribution in [0.3, 0.4) is 0 Å². The van der Waals surface area contributed by atoms with Crippen LogP contribution in [0.1, 0.15) is 58.3 Å². The zero-order valence-electron chi connectivity index (χ0n) is 19.9. The van der Waals surface area contributed by atoms with Gasteiger partial charge in [0.1, 0.15) is 16.9 Å². The van der Waals surface area contributed by atoms with E-state index in [1.807, 2.05) is 66.7 Å². The second-order valence-corrected chi connectivity index (χ2v) is 8.74. The molecule has 0 saturated carbocycles. The average molecular weight is 459 g/mol. The van der Waals surface area contributed by atoms with E-state index in [1.54, 1.807) is 0 Å². The Balaban J connectivity index is 1.20. The highest BCUT2D eigenvalue weighted by molar-refractivity contribution is 6.07. The van der Waals surface area contributed by atoms with Crippen LogP contribution in [-0.4, -0.2) is 12.6 Å². The molecule has 0 saturated heterocycles. The molecule has 34 heavy (non-hydrogen) atoms. The van der Waals surface area contributed by atoms with Crippen LogP contribution in [0.2, 0.25) is 0 Å².